The van der Waals surface area contributed by atoms with Crippen LogP contribution in [0.15, 0.2) is 41.2 Å². The second-order valence-corrected chi connectivity index (χ2v) is 8.76. The fraction of sp³-hybridized carbons (Fsp3) is 0.263. The number of aromatic amines is 1. The summed E-state index contributed by atoms with van der Waals surface area (Å²) >= 11 is 0. The molecule has 0 fully saturated rings. The summed E-state index contributed by atoms with van der Waals surface area (Å²) in [6.45, 7) is 0.883. The molecule has 3 aromatic rings. The highest BCUT2D eigenvalue weighted by atomic mass is 32.2. The molecule has 1 amide bonds. The number of nitrogens with one attached hydrogen (secondary N) is 2. The SMILES string of the molecule is Cn1c(=O)[nH]c2cc(C(=O)N3CCc4c(cccc4NS(C)(=O)=O)C3)ccc21. The summed E-state index contributed by atoms with van der Waals surface area (Å²) in [6, 6.07) is 10.6. The van der Waals surface area contributed by atoms with Gasteiger partial charge in [0.05, 0.1) is 23.0 Å². The van der Waals surface area contributed by atoms with Gasteiger partial charge in [0.1, 0.15) is 0 Å². The van der Waals surface area contributed by atoms with Crippen LogP contribution in [0.1, 0.15) is 21.5 Å². The van der Waals surface area contributed by atoms with E-state index in [1.165, 1.54) is 4.57 Å². The fourth-order valence-corrected chi connectivity index (χ4v) is 4.22. The summed E-state index contributed by atoms with van der Waals surface area (Å²) in [5.74, 6) is -0.126. The molecule has 9 heteroatoms. The van der Waals surface area contributed by atoms with Crippen molar-refractivity contribution in [2.45, 2.75) is 13.0 Å². The van der Waals surface area contributed by atoms with Gasteiger partial charge in [-0.15, -0.1) is 0 Å². The molecular weight excluding hydrogens is 380 g/mol. The minimum atomic E-state index is -3.37. The van der Waals surface area contributed by atoms with Gasteiger partial charge in [-0.1, -0.05) is 12.1 Å². The van der Waals surface area contributed by atoms with Crippen molar-refractivity contribution in [3.05, 3.63) is 63.6 Å². The molecule has 0 saturated carbocycles. The van der Waals surface area contributed by atoms with Crippen molar-refractivity contribution in [3.63, 3.8) is 0 Å². The molecule has 146 valence electrons. The van der Waals surface area contributed by atoms with Crippen molar-refractivity contribution < 1.29 is 13.2 Å². The van der Waals surface area contributed by atoms with Gasteiger partial charge in [-0.2, -0.15) is 0 Å². The number of hydrogen-bond acceptors (Lipinski definition) is 4. The number of carbonyl (C=O) groups is 1. The Morgan fingerprint density at radius 2 is 2.00 bits per heavy atom. The Balaban J connectivity index is 1.61. The highest BCUT2D eigenvalue weighted by Crippen LogP contribution is 2.28. The number of rotatable bonds is 3. The quantitative estimate of drug-likeness (QED) is 0.694. The molecule has 2 aromatic carbocycles. The number of aryl methyl sites for hydroxylation is 1. The lowest BCUT2D eigenvalue weighted by molar-refractivity contribution is 0.0735. The van der Waals surface area contributed by atoms with Crippen LogP contribution in [-0.4, -0.2) is 41.6 Å². The van der Waals surface area contributed by atoms with E-state index in [0.717, 1.165) is 22.9 Å². The van der Waals surface area contributed by atoms with E-state index >= 15 is 0 Å². The smallest absolute Gasteiger partial charge is 0.326 e. The molecule has 1 aliphatic heterocycles. The molecule has 8 nitrogen and oxygen atoms in total. The minimum absolute atomic E-state index is 0.126. The number of benzene rings is 2. The number of hydrogen-bond donors (Lipinski definition) is 2. The number of aromatic nitrogens is 2. The molecule has 28 heavy (non-hydrogen) atoms. The predicted molar refractivity (Wildman–Crippen MR) is 107 cm³/mol. The molecule has 0 unspecified atom stereocenters. The Morgan fingerprint density at radius 1 is 1.21 bits per heavy atom. The highest BCUT2D eigenvalue weighted by molar-refractivity contribution is 7.92. The average Bonchev–Trinajstić information content (AvgIpc) is 2.93. The zero-order valence-electron chi connectivity index (χ0n) is 15.5. The van der Waals surface area contributed by atoms with Gasteiger partial charge >= 0.3 is 5.69 Å². The lowest BCUT2D eigenvalue weighted by Gasteiger charge is -2.30. The van der Waals surface area contributed by atoms with Gasteiger partial charge in [0.2, 0.25) is 10.0 Å². The Kier molecular flexibility index (Phi) is 4.26. The fourth-order valence-electron chi connectivity index (χ4n) is 3.63. The van der Waals surface area contributed by atoms with Crippen LogP contribution in [0.2, 0.25) is 0 Å². The number of amides is 1. The first kappa shape index (κ1) is 18.3. The molecule has 0 spiro atoms. The molecule has 1 aromatic heterocycles. The van der Waals surface area contributed by atoms with E-state index in [2.05, 4.69) is 9.71 Å². The molecule has 0 aliphatic carbocycles. The van der Waals surface area contributed by atoms with Crippen LogP contribution in [0.4, 0.5) is 5.69 Å². The molecule has 0 atom stereocenters. The summed E-state index contributed by atoms with van der Waals surface area (Å²) < 4.78 is 27.2. The third-order valence-electron chi connectivity index (χ3n) is 5.00. The van der Waals surface area contributed by atoms with Crippen molar-refractivity contribution in [3.8, 4) is 0 Å². The van der Waals surface area contributed by atoms with Crippen LogP contribution < -0.4 is 10.4 Å². The van der Waals surface area contributed by atoms with Crippen molar-refractivity contribution >= 4 is 32.7 Å². The molecule has 2 N–H and O–H groups in total. The van der Waals surface area contributed by atoms with Crippen molar-refractivity contribution in [2.75, 3.05) is 17.5 Å². The van der Waals surface area contributed by atoms with Crippen LogP contribution in [0.5, 0.6) is 0 Å². The average molecular weight is 400 g/mol. The van der Waals surface area contributed by atoms with Crippen LogP contribution in [0, 0.1) is 0 Å². The van der Waals surface area contributed by atoms with Gasteiger partial charge in [0.25, 0.3) is 5.91 Å². The van der Waals surface area contributed by atoms with Gasteiger partial charge in [-0.05, 0) is 41.8 Å². The largest absolute Gasteiger partial charge is 0.334 e. The number of nitrogens with zero attached hydrogens (tertiary/aromatic N) is 2. The van der Waals surface area contributed by atoms with E-state index in [9.17, 15) is 18.0 Å². The number of fused-ring (bicyclic) bond motifs is 2. The van der Waals surface area contributed by atoms with E-state index in [1.54, 1.807) is 42.3 Å². The second-order valence-electron chi connectivity index (χ2n) is 7.02. The number of carbonyl (C=O) groups excluding carboxylic acids is 1. The topological polar surface area (TPSA) is 104 Å². The maximum Gasteiger partial charge on any atom is 0.326 e. The Hall–Kier alpha value is -3.07. The third-order valence-corrected chi connectivity index (χ3v) is 5.59. The van der Waals surface area contributed by atoms with Crippen LogP contribution in [-0.2, 0) is 30.0 Å². The molecule has 4 rings (SSSR count). The van der Waals surface area contributed by atoms with E-state index < -0.39 is 10.0 Å². The van der Waals surface area contributed by atoms with Crippen LogP contribution in [0.3, 0.4) is 0 Å². The number of H-pyrrole nitrogens is 1. The van der Waals surface area contributed by atoms with Crippen molar-refractivity contribution in [2.24, 2.45) is 7.05 Å². The Morgan fingerprint density at radius 3 is 2.75 bits per heavy atom. The summed E-state index contributed by atoms with van der Waals surface area (Å²) in [7, 11) is -1.69. The molecule has 0 saturated heterocycles. The predicted octanol–water partition coefficient (Wildman–Crippen LogP) is 1.44. The first-order chi connectivity index (χ1) is 13.2. The minimum Gasteiger partial charge on any atom is -0.334 e. The van der Waals surface area contributed by atoms with Crippen LogP contribution in [0.25, 0.3) is 11.0 Å². The maximum atomic E-state index is 13.0. The zero-order chi connectivity index (χ0) is 20.1. The first-order valence-electron chi connectivity index (χ1n) is 8.79. The van der Waals surface area contributed by atoms with E-state index in [-0.39, 0.29) is 11.6 Å². The summed E-state index contributed by atoms with van der Waals surface area (Å²) in [5.41, 5.74) is 4.04. The molecule has 1 aliphatic rings. The van der Waals surface area contributed by atoms with Crippen LogP contribution >= 0.6 is 0 Å². The van der Waals surface area contributed by atoms with Gasteiger partial charge in [0, 0.05) is 25.7 Å². The number of anilines is 1. The third kappa shape index (κ3) is 3.29. The zero-order valence-corrected chi connectivity index (χ0v) is 16.3. The standard InChI is InChI=1S/C19H20N4O4S/c1-22-17-7-6-12(10-16(17)20-19(22)25)18(24)23-9-8-14-13(11-23)4-3-5-15(14)21-28(2,26)27/h3-7,10,21H,8-9,11H2,1-2H3,(H,20,25). The monoisotopic (exact) mass is 400 g/mol. The summed E-state index contributed by atoms with van der Waals surface area (Å²) in [4.78, 5) is 29.2. The Labute approximate surface area is 161 Å². The van der Waals surface area contributed by atoms with E-state index in [4.69, 9.17) is 0 Å². The summed E-state index contributed by atoms with van der Waals surface area (Å²) in [5, 5.41) is 0. The number of imidazole rings is 1. The van der Waals surface area contributed by atoms with Gasteiger partial charge in [-0.25, -0.2) is 13.2 Å². The normalized spacial score (nSPS) is 14.1. The van der Waals surface area contributed by atoms with Gasteiger partial charge in [0.15, 0.2) is 0 Å². The van der Waals surface area contributed by atoms with Gasteiger partial charge < -0.3 is 9.88 Å². The van der Waals surface area contributed by atoms with Gasteiger partial charge in [-0.3, -0.25) is 14.1 Å². The molecule has 2 heterocycles. The molecular formula is C19H20N4O4S. The lowest BCUT2D eigenvalue weighted by Crippen LogP contribution is -2.36. The van der Waals surface area contributed by atoms with E-state index in [0.29, 0.717) is 36.3 Å². The molecule has 0 bridgehead atoms. The highest BCUT2D eigenvalue weighted by Gasteiger charge is 2.24. The number of sulfonamides is 1. The van der Waals surface area contributed by atoms with Crippen molar-refractivity contribution in [1.29, 1.82) is 0 Å². The lowest BCUT2D eigenvalue weighted by atomic mass is 9.97. The first-order valence-corrected chi connectivity index (χ1v) is 10.7. The second kappa shape index (κ2) is 6.52. The maximum absolute atomic E-state index is 13.0. The molecule has 0 radical (unpaired) electrons. The van der Waals surface area contributed by atoms with E-state index in [1.807, 2.05) is 6.07 Å². The summed E-state index contributed by atoms with van der Waals surface area (Å²) in [6.07, 6.45) is 1.68. The van der Waals surface area contributed by atoms with Crippen molar-refractivity contribution in [1.82, 2.24) is 14.5 Å². The Bertz CT molecular complexity index is 1260.